The molecule has 0 aromatic heterocycles. The number of rotatable bonds is 9. The summed E-state index contributed by atoms with van der Waals surface area (Å²) in [5.41, 5.74) is 0.0922. The van der Waals surface area contributed by atoms with Gasteiger partial charge in [0.25, 0.3) is 0 Å². The molecule has 6 nitrogen and oxygen atoms in total. The van der Waals surface area contributed by atoms with Gasteiger partial charge in [0.2, 0.25) is 17.7 Å². The van der Waals surface area contributed by atoms with Crippen molar-refractivity contribution in [3.63, 3.8) is 0 Å². The summed E-state index contributed by atoms with van der Waals surface area (Å²) in [7, 11) is 1.60. The van der Waals surface area contributed by atoms with E-state index in [0.29, 0.717) is 37.5 Å². The van der Waals surface area contributed by atoms with Gasteiger partial charge in [-0.1, -0.05) is 49.6 Å². The summed E-state index contributed by atoms with van der Waals surface area (Å²) in [4.78, 5) is 40.5. The van der Waals surface area contributed by atoms with Crippen LogP contribution in [0.15, 0.2) is 30.3 Å². The third kappa shape index (κ3) is 4.40. The predicted molar refractivity (Wildman–Crippen MR) is 117 cm³/mol. The summed E-state index contributed by atoms with van der Waals surface area (Å²) in [6, 6.07) is 9.31. The van der Waals surface area contributed by atoms with Crippen molar-refractivity contribution in [2.75, 3.05) is 26.8 Å². The minimum absolute atomic E-state index is 0.0160. The van der Waals surface area contributed by atoms with Crippen molar-refractivity contribution in [1.82, 2.24) is 10.2 Å². The van der Waals surface area contributed by atoms with Crippen LogP contribution in [0.5, 0.6) is 0 Å². The minimum atomic E-state index is -1.11. The van der Waals surface area contributed by atoms with Gasteiger partial charge >= 0.3 is 0 Å². The molecule has 4 rings (SSSR count). The fourth-order valence-corrected chi connectivity index (χ4v) is 5.78. The Hall–Kier alpha value is -2.21. The van der Waals surface area contributed by atoms with Crippen molar-refractivity contribution in [3.8, 4) is 0 Å². The van der Waals surface area contributed by atoms with Crippen molar-refractivity contribution >= 4 is 17.7 Å². The average molecular weight is 427 g/mol. The molecular formula is C25H34N2O4. The summed E-state index contributed by atoms with van der Waals surface area (Å²) in [6.07, 6.45) is 8.36. The summed E-state index contributed by atoms with van der Waals surface area (Å²) < 4.78 is 5.07. The second-order valence-corrected chi connectivity index (χ2v) is 9.63. The maximum atomic E-state index is 13.4. The topological polar surface area (TPSA) is 75.7 Å². The molecule has 1 spiro atoms. The van der Waals surface area contributed by atoms with Gasteiger partial charge in [0.1, 0.15) is 0 Å². The summed E-state index contributed by atoms with van der Waals surface area (Å²) >= 11 is 0. The second-order valence-electron chi connectivity index (χ2n) is 9.63. The van der Waals surface area contributed by atoms with Crippen LogP contribution in [0.2, 0.25) is 0 Å². The largest absolute Gasteiger partial charge is 0.385 e. The average Bonchev–Trinajstić information content (AvgIpc) is 3.39. The van der Waals surface area contributed by atoms with Crippen molar-refractivity contribution in [1.29, 1.82) is 0 Å². The van der Waals surface area contributed by atoms with Crippen LogP contribution in [-0.2, 0) is 24.5 Å². The molecule has 0 unspecified atom stereocenters. The third-order valence-electron chi connectivity index (χ3n) is 7.68. The van der Waals surface area contributed by atoms with Gasteiger partial charge in [0.15, 0.2) is 0 Å². The maximum Gasteiger partial charge on any atom is 0.240 e. The van der Waals surface area contributed by atoms with E-state index in [1.54, 1.807) is 7.11 Å². The Labute approximate surface area is 184 Å². The molecule has 2 aliphatic carbocycles. The first-order valence-electron chi connectivity index (χ1n) is 11.7. The highest BCUT2D eigenvalue weighted by Crippen LogP contribution is 2.61. The molecule has 3 aliphatic rings. The van der Waals surface area contributed by atoms with E-state index in [1.165, 1.54) is 43.4 Å². The Bertz CT molecular complexity index is 818. The number of ether oxygens (including phenoxy) is 1. The van der Waals surface area contributed by atoms with Crippen LogP contribution in [0.1, 0.15) is 63.4 Å². The van der Waals surface area contributed by atoms with E-state index < -0.39 is 5.41 Å². The van der Waals surface area contributed by atoms with Crippen LogP contribution in [0, 0.1) is 11.3 Å². The van der Waals surface area contributed by atoms with Gasteiger partial charge in [-0.05, 0) is 42.6 Å². The predicted octanol–water partition coefficient (Wildman–Crippen LogP) is 3.20. The number of imide groups is 1. The molecule has 3 fully saturated rings. The van der Waals surface area contributed by atoms with Crippen molar-refractivity contribution in [2.45, 2.75) is 63.2 Å². The number of hydrogen-bond acceptors (Lipinski definition) is 4. The number of methoxy groups -OCH3 is 1. The van der Waals surface area contributed by atoms with Crippen LogP contribution >= 0.6 is 0 Å². The summed E-state index contributed by atoms with van der Waals surface area (Å²) in [6.45, 7) is 1.49. The lowest BCUT2D eigenvalue weighted by Crippen LogP contribution is -2.43. The zero-order chi connectivity index (χ0) is 21.9. The molecule has 3 amide bonds. The molecule has 1 saturated heterocycles. The molecule has 1 heterocycles. The van der Waals surface area contributed by atoms with Crippen LogP contribution in [0.4, 0.5) is 0 Å². The molecule has 1 aromatic carbocycles. The van der Waals surface area contributed by atoms with E-state index in [0.717, 1.165) is 5.56 Å². The van der Waals surface area contributed by atoms with E-state index >= 15 is 0 Å². The number of carbonyl (C=O) groups excluding carboxylic acids is 3. The Morgan fingerprint density at radius 2 is 1.90 bits per heavy atom. The van der Waals surface area contributed by atoms with Gasteiger partial charge in [-0.2, -0.15) is 0 Å². The van der Waals surface area contributed by atoms with Gasteiger partial charge < -0.3 is 10.1 Å². The number of hydrogen-bond donors (Lipinski definition) is 1. The van der Waals surface area contributed by atoms with E-state index in [-0.39, 0.29) is 30.6 Å². The molecule has 1 aromatic rings. The van der Waals surface area contributed by atoms with Gasteiger partial charge in [0.05, 0.1) is 5.41 Å². The van der Waals surface area contributed by atoms with Gasteiger partial charge in [-0.25, -0.2) is 0 Å². The highest BCUT2D eigenvalue weighted by molar-refractivity contribution is 6.10. The quantitative estimate of drug-likeness (QED) is 0.486. The molecule has 2 atom stereocenters. The van der Waals surface area contributed by atoms with E-state index in [1.807, 2.05) is 30.3 Å². The zero-order valence-electron chi connectivity index (χ0n) is 18.5. The number of amides is 3. The molecule has 1 N–H and O–H groups in total. The Balaban J connectivity index is 1.44. The third-order valence-corrected chi connectivity index (χ3v) is 7.68. The molecule has 1 aliphatic heterocycles. The summed E-state index contributed by atoms with van der Waals surface area (Å²) in [5.74, 6) is -0.0382. The first kappa shape index (κ1) is 22.0. The van der Waals surface area contributed by atoms with Crippen molar-refractivity contribution in [3.05, 3.63) is 35.9 Å². The van der Waals surface area contributed by atoms with Crippen LogP contribution < -0.4 is 5.32 Å². The number of nitrogens with one attached hydrogen (secondary N) is 1. The Morgan fingerprint density at radius 3 is 2.61 bits per heavy atom. The van der Waals surface area contributed by atoms with Crippen LogP contribution in [-0.4, -0.2) is 49.4 Å². The monoisotopic (exact) mass is 426 g/mol. The fraction of sp³-hybridized carbons (Fsp3) is 0.640. The van der Waals surface area contributed by atoms with Crippen LogP contribution in [0.3, 0.4) is 0 Å². The lowest BCUT2D eigenvalue weighted by Gasteiger charge is -2.27. The second kappa shape index (κ2) is 9.11. The molecular weight excluding hydrogens is 392 g/mol. The van der Waals surface area contributed by atoms with E-state index in [9.17, 15) is 14.4 Å². The lowest BCUT2D eigenvalue weighted by atomic mass is 9.75. The molecule has 0 bridgehead atoms. The van der Waals surface area contributed by atoms with Gasteiger partial charge in [-0.3, -0.25) is 19.3 Å². The molecule has 2 saturated carbocycles. The SMILES string of the molecule is COCCCN1C(=O)C[C@](CC(=O)NC[C@H]2CC23CCCCC3)(c2ccccc2)C1=O. The molecule has 0 radical (unpaired) electrons. The van der Waals surface area contributed by atoms with Crippen molar-refractivity contribution < 1.29 is 19.1 Å². The highest BCUT2D eigenvalue weighted by Gasteiger charge is 2.55. The molecule has 31 heavy (non-hydrogen) atoms. The van der Waals surface area contributed by atoms with Gasteiger partial charge in [-0.15, -0.1) is 0 Å². The molecule has 168 valence electrons. The highest BCUT2D eigenvalue weighted by atomic mass is 16.5. The van der Waals surface area contributed by atoms with Gasteiger partial charge in [0, 0.05) is 39.6 Å². The number of carbonyl (C=O) groups is 3. The number of benzene rings is 1. The standard InChI is InChI=1S/C25H34N2O4/c1-31-14-8-13-27-22(29)17-25(23(27)30,19-9-4-2-5-10-19)16-21(28)26-18-20-15-24(20)11-6-3-7-12-24/h2,4-5,9-10,20H,3,6-8,11-18H2,1H3,(H,26,28)/t20-,25-/m1/s1. The Kier molecular flexibility index (Phi) is 6.47. The zero-order valence-corrected chi connectivity index (χ0v) is 18.5. The lowest BCUT2D eigenvalue weighted by molar-refractivity contribution is -0.141. The molecule has 6 heteroatoms. The minimum Gasteiger partial charge on any atom is -0.385 e. The first-order chi connectivity index (χ1) is 15.0. The summed E-state index contributed by atoms with van der Waals surface area (Å²) in [5, 5.41) is 3.10. The fourth-order valence-electron chi connectivity index (χ4n) is 5.78. The number of nitrogens with zero attached hydrogens (tertiary/aromatic N) is 1. The first-order valence-corrected chi connectivity index (χ1v) is 11.7. The smallest absolute Gasteiger partial charge is 0.240 e. The van der Waals surface area contributed by atoms with E-state index in [4.69, 9.17) is 4.74 Å². The van der Waals surface area contributed by atoms with Crippen molar-refractivity contribution in [2.24, 2.45) is 11.3 Å². The Morgan fingerprint density at radius 1 is 1.16 bits per heavy atom. The normalized spacial score (nSPS) is 27.0. The van der Waals surface area contributed by atoms with Crippen LogP contribution in [0.25, 0.3) is 0 Å². The van der Waals surface area contributed by atoms with E-state index in [2.05, 4.69) is 5.32 Å². The maximum absolute atomic E-state index is 13.4. The number of likely N-dealkylation sites (tertiary alicyclic amines) is 1.